The Balaban J connectivity index is 1.73. The van der Waals surface area contributed by atoms with Gasteiger partial charge in [-0.15, -0.1) is 0 Å². The molecule has 0 saturated heterocycles. The first kappa shape index (κ1) is 16.4. The summed E-state index contributed by atoms with van der Waals surface area (Å²) in [7, 11) is 0. The molecule has 3 rings (SSSR count). The van der Waals surface area contributed by atoms with Gasteiger partial charge >= 0.3 is 5.97 Å². The van der Waals surface area contributed by atoms with Crippen molar-refractivity contribution in [2.75, 3.05) is 0 Å². The van der Waals surface area contributed by atoms with Gasteiger partial charge in [-0.3, -0.25) is 9.59 Å². The molecule has 0 spiro atoms. The lowest BCUT2D eigenvalue weighted by Crippen LogP contribution is -2.23. The minimum absolute atomic E-state index is 0.0174. The highest BCUT2D eigenvalue weighted by atomic mass is 16.5. The largest absolute Gasteiger partial charge is 0.426 e. The molecule has 2 aromatic rings. The molecular weight excluding hydrogens is 300 g/mol. The molecule has 0 heterocycles. The fourth-order valence-electron chi connectivity index (χ4n) is 3.19. The van der Waals surface area contributed by atoms with Gasteiger partial charge in [0.25, 0.3) is 0 Å². The Labute approximate surface area is 142 Å². The smallest absolute Gasteiger partial charge is 0.314 e. The predicted molar refractivity (Wildman–Crippen MR) is 93.3 cm³/mol. The summed E-state index contributed by atoms with van der Waals surface area (Å²) in [6.07, 6.45) is 5.25. The van der Waals surface area contributed by atoms with Gasteiger partial charge < -0.3 is 4.74 Å². The van der Waals surface area contributed by atoms with E-state index < -0.39 is 0 Å². The second-order valence-electron chi connectivity index (χ2n) is 6.43. The lowest BCUT2D eigenvalue weighted by molar-refractivity contribution is -0.140. The van der Waals surface area contributed by atoms with Crippen LogP contribution in [0.25, 0.3) is 0 Å². The van der Waals surface area contributed by atoms with Crippen LogP contribution in [0.4, 0.5) is 0 Å². The third-order valence-electron chi connectivity index (χ3n) is 4.62. The minimum atomic E-state index is -0.139. The van der Waals surface area contributed by atoms with E-state index in [4.69, 9.17) is 4.74 Å². The van der Waals surface area contributed by atoms with Crippen LogP contribution in [-0.2, 0) is 4.79 Å². The van der Waals surface area contributed by atoms with E-state index in [-0.39, 0.29) is 17.7 Å². The van der Waals surface area contributed by atoms with Crippen molar-refractivity contribution in [1.29, 1.82) is 0 Å². The van der Waals surface area contributed by atoms with E-state index in [0.29, 0.717) is 16.9 Å². The van der Waals surface area contributed by atoms with Crippen molar-refractivity contribution in [2.45, 2.75) is 39.0 Å². The average Bonchev–Trinajstić information content (AvgIpc) is 2.64. The van der Waals surface area contributed by atoms with E-state index in [1.807, 2.05) is 25.1 Å². The Morgan fingerprint density at radius 1 is 0.917 bits per heavy atom. The van der Waals surface area contributed by atoms with Crippen molar-refractivity contribution in [3.63, 3.8) is 0 Å². The van der Waals surface area contributed by atoms with Gasteiger partial charge in [0.2, 0.25) is 0 Å². The molecule has 1 aliphatic carbocycles. The lowest BCUT2D eigenvalue weighted by Gasteiger charge is -2.20. The van der Waals surface area contributed by atoms with Crippen LogP contribution >= 0.6 is 0 Å². The highest BCUT2D eigenvalue weighted by molar-refractivity contribution is 6.09. The Hall–Kier alpha value is -2.42. The second-order valence-corrected chi connectivity index (χ2v) is 6.43. The van der Waals surface area contributed by atoms with E-state index in [0.717, 1.165) is 31.2 Å². The zero-order valence-electron chi connectivity index (χ0n) is 14.0. The number of rotatable bonds is 4. The average molecular weight is 322 g/mol. The van der Waals surface area contributed by atoms with E-state index in [2.05, 4.69) is 0 Å². The lowest BCUT2D eigenvalue weighted by atomic mass is 9.89. The van der Waals surface area contributed by atoms with E-state index in [1.165, 1.54) is 6.42 Å². The molecule has 2 aromatic carbocycles. The molecular formula is C21H22O3. The molecule has 0 atom stereocenters. The van der Waals surface area contributed by atoms with Gasteiger partial charge in [-0.25, -0.2) is 0 Å². The number of aryl methyl sites for hydroxylation is 1. The number of ketones is 1. The number of carbonyl (C=O) groups is 2. The molecule has 0 aromatic heterocycles. The zero-order chi connectivity index (χ0) is 16.9. The first-order chi connectivity index (χ1) is 11.6. The fraction of sp³-hybridized carbons (Fsp3) is 0.333. The van der Waals surface area contributed by atoms with Crippen molar-refractivity contribution < 1.29 is 14.3 Å². The van der Waals surface area contributed by atoms with Gasteiger partial charge in [-0.05, 0) is 43.5 Å². The third-order valence-corrected chi connectivity index (χ3v) is 4.62. The highest BCUT2D eigenvalue weighted by Crippen LogP contribution is 2.27. The number of esters is 1. The van der Waals surface area contributed by atoms with Crippen LogP contribution in [0.1, 0.15) is 53.6 Å². The standard InChI is InChI=1S/C21H22O3/c1-15-14-18(20(22)16-8-4-2-5-9-16)12-13-19(15)24-21(23)17-10-6-3-7-11-17/h2,4-5,8-9,12-14,17H,3,6-7,10-11H2,1H3. The number of hydrogen-bond donors (Lipinski definition) is 0. The summed E-state index contributed by atoms with van der Waals surface area (Å²) in [4.78, 5) is 24.7. The number of benzene rings is 2. The van der Waals surface area contributed by atoms with Crippen molar-refractivity contribution >= 4 is 11.8 Å². The molecule has 1 saturated carbocycles. The van der Waals surface area contributed by atoms with Crippen LogP contribution in [0.5, 0.6) is 5.75 Å². The fourth-order valence-corrected chi connectivity index (χ4v) is 3.19. The highest BCUT2D eigenvalue weighted by Gasteiger charge is 2.23. The van der Waals surface area contributed by atoms with Gasteiger partial charge in [0, 0.05) is 11.1 Å². The quantitative estimate of drug-likeness (QED) is 0.465. The van der Waals surface area contributed by atoms with Gasteiger partial charge in [0.05, 0.1) is 5.92 Å². The second kappa shape index (κ2) is 7.43. The molecule has 3 nitrogen and oxygen atoms in total. The maximum absolute atomic E-state index is 12.5. The molecule has 0 unspecified atom stereocenters. The van der Waals surface area contributed by atoms with Crippen LogP contribution in [0.3, 0.4) is 0 Å². The summed E-state index contributed by atoms with van der Waals surface area (Å²) in [6.45, 7) is 1.87. The Bertz CT molecular complexity index is 728. The minimum Gasteiger partial charge on any atom is -0.426 e. The first-order valence-electron chi connectivity index (χ1n) is 8.57. The van der Waals surface area contributed by atoms with E-state index >= 15 is 0 Å². The maximum atomic E-state index is 12.5. The molecule has 0 amide bonds. The summed E-state index contributed by atoms with van der Waals surface area (Å²) in [5.74, 6) is 0.405. The van der Waals surface area contributed by atoms with Crippen molar-refractivity contribution in [3.8, 4) is 5.75 Å². The third kappa shape index (κ3) is 3.73. The first-order valence-corrected chi connectivity index (χ1v) is 8.57. The van der Waals surface area contributed by atoms with Crippen molar-refractivity contribution in [3.05, 3.63) is 65.2 Å². The van der Waals surface area contributed by atoms with Crippen LogP contribution in [0, 0.1) is 12.8 Å². The topological polar surface area (TPSA) is 43.4 Å². The predicted octanol–water partition coefficient (Wildman–Crippen LogP) is 4.71. The summed E-state index contributed by atoms with van der Waals surface area (Å²) < 4.78 is 5.57. The molecule has 0 radical (unpaired) electrons. The molecule has 0 aliphatic heterocycles. The molecule has 1 fully saturated rings. The summed E-state index contributed by atoms with van der Waals surface area (Å²) in [5.41, 5.74) is 2.07. The van der Waals surface area contributed by atoms with Crippen LogP contribution in [-0.4, -0.2) is 11.8 Å². The summed E-state index contributed by atoms with van der Waals surface area (Å²) in [5, 5.41) is 0. The van der Waals surface area contributed by atoms with Crippen LogP contribution in [0.2, 0.25) is 0 Å². The Morgan fingerprint density at radius 2 is 1.62 bits per heavy atom. The number of hydrogen-bond acceptors (Lipinski definition) is 3. The van der Waals surface area contributed by atoms with E-state index in [1.54, 1.807) is 30.3 Å². The summed E-state index contributed by atoms with van der Waals surface area (Å²) >= 11 is 0. The monoisotopic (exact) mass is 322 g/mol. The SMILES string of the molecule is Cc1cc(C(=O)c2ccccc2)ccc1OC(=O)C1CCCCC1. The van der Waals surface area contributed by atoms with E-state index in [9.17, 15) is 9.59 Å². The van der Waals surface area contributed by atoms with Crippen LogP contribution in [0.15, 0.2) is 48.5 Å². The van der Waals surface area contributed by atoms with Crippen molar-refractivity contribution in [1.82, 2.24) is 0 Å². The zero-order valence-corrected chi connectivity index (χ0v) is 14.0. The molecule has 3 heteroatoms. The molecule has 124 valence electrons. The molecule has 0 bridgehead atoms. The van der Waals surface area contributed by atoms with Gasteiger partial charge in [-0.2, -0.15) is 0 Å². The molecule has 24 heavy (non-hydrogen) atoms. The molecule has 0 N–H and O–H groups in total. The maximum Gasteiger partial charge on any atom is 0.314 e. The van der Waals surface area contributed by atoms with Crippen LogP contribution < -0.4 is 4.74 Å². The van der Waals surface area contributed by atoms with Gasteiger partial charge in [-0.1, -0.05) is 49.6 Å². The molecule has 1 aliphatic rings. The number of ether oxygens (including phenoxy) is 1. The van der Waals surface area contributed by atoms with Gasteiger partial charge in [0.1, 0.15) is 5.75 Å². The van der Waals surface area contributed by atoms with Gasteiger partial charge in [0.15, 0.2) is 5.78 Å². The number of carbonyl (C=O) groups excluding carboxylic acids is 2. The van der Waals surface area contributed by atoms with Crippen molar-refractivity contribution in [2.24, 2.45) is 5.92 Å². The Kier molecular flexibility index (Phi) is 5.09. The normalized spacial score (nSPS) is 15.0. The summed E-state index contributed by atoms with van der Waals surface area (Å²) in [6, 6.07) is 14.4. The Morgan fingerprint density at radius 3 is 2.29 bits per heavy atom.